The summed E-state index contributed by atoms with van der Waals surface area (Å²) in [5.74, 6) is 0. The SMILES string of the molecule is CCOC(=O)N1CCC(C)(O)C1. The van der Waals surface area contributed by atoms with Crippen molar-refractivity contribution in [2.45, 2.75) is 25.9 Å². The van der Waals surface area contributed by atoms with Gasteiger partial charge in [0, 0.05) is 6.54 Å². The van der Waals surface area contributed by atoms with E-state index in [0.717, 1.165) is 0 Å². The molecule has 0 aromatic carbocycles. The van der Waals surface area contributed by atoms with Crippen LogP contribution in [0, 0.1) is 0 Å². The van der Waals surface area contributed by atoms with E-state index in [9.17, 15) is 9.90 Å². The quantitative estimate of drug-likeness (QED) is 0.631. The van der Waals surface area contributed by atoms with Gasteiger partial charge in [0.15, 0.2) is 0 Å². The van der Waals surface area contributed by atoms with Gasteiger partial charge in [-0.3, -0.25) is 0 Å². The number of β-amino-alcohol motifs (C(OH)–C–C–N with tert-alkyl or cyclic N) is 1. The van der Waals surface area contributed by atoms with Crippen LogP contribution in [0.5, 0.6) is 0 Å². The largest absolute Gasteiger partial charge is 0.450 e. The summed E-state index contributed by atoms with van der Waals surface area (Å²) in [5.41, 5.74) is -0.729. The van der Waals surface area contributed by atoms with Gasteiger partial charge in [-0.25, -0.2) is 4.79 Å². The maximum absolute atomic E-state index is 11.1. The van der Waals surface area contributed by atoms with Crippen LogP contribution in [-0.2, 0) is 4.74 Å². The zero-order valence-electron chi connectivity index (χ0n) is 7.54. The number of nitrogens with zero attached hydrogens (tertiary/aromatic N) is 1. The van der Waals surface area contributed by atoms with Crippen molar-refractivity contribution in [3.63, 3.8) is 0 Å². The summed E-state index contributed by atoms with van der Waals surface area (Å²) in [6.45, 7) is 4.85. The second-order valence-electron chi connectivity index (χ2n) is 3.37. The molecule has 1 heterocycles. The number of hydrogen-bond donors (Lipinski definition) is 1. The van der Waals surface area contributed by atoms with Gasteiger partial charge in [0.1, 0.15) is 0 Å². The number of carbonyl (C=O) groups is 1. The third-order valence-corrected chi connectivity index (χ3v) is 1.98. The summed E-state index contributed by atoms with van der Waals surface area (Å²) in [4.78, 5) is 12.7. The zero-order valence-corrected chi connectivity index (χ0v) is 7.54. The van der Waals surface area contributed by atoms with Crippen molar-refractivity contribution in [3.05, 3.63) is 0 Å². The number of aliphatic hydroxyl groups is 1. The van der Waals surface area contributed by atoms with Gasteiger partial charge in [-0.1, -0.05) is 0 Å². The first-order valence-corrected chi connectivity index (χ1v) is 4.19. The molecule has 4 nitrogen and oxygen atoms in total. The molecule has 1 aliphatic heterocycles. The lowest BCUT2D eigenvalue weighted by atomic mass is 10.1. The molecule has 1 amide bonds. The van der Waals surface area contributed by atoms with E-state index in [4.69, 9.17) is 4.74 Å². The smallest absolute Gasteiger partial charge is 0.409 e. The van der Waals surface area contributed by atoms with Gasteiger partial charge in [0.2, 0.25) is 0 Å². The molecule has 1 unspecified atom stereocenters. The number of rotatable bonds is 1. The van der Waals surface area contributed by atoms with Crippen LogP contribution in [0.25, 0.3) is 0 Å². The number of likely N-dealkylation sites (tertiary alicyclic amines) is 1. The number of hydrogen-bond acceptors (Lipinski definition) is 3. The first-order valence-electron chi connectivity index (χ1n) is 4.19. The van der Waals surface area contributed by atoms with Gasteiger partial charge in [-0.2, -0.15) is 0 Å². The van der Waals surface area contributed by atoms with E-state index in [-0.39, 0.29) is 6.09 Å². The molecule has 12 heavy (non-hydrogen) atoms. The molecule has 70 valence electrons. The van der Waals surface area contributed by atoms with Crippen LogP contribution in [0.3, 0.4) is 0 Å². The molecule has 1 N–H and O–H groups in total. The molecule has 0 spiro atoms. The fraction of sp³-hybridized carbons (Fsp3) is 0.875. The van der Waals surface area contributed by atoms with Crippen molar-refractivity contribution in [1.29, 1.82) is 0 Å². The lowest BCUT2D eigenvalue weighted by Crippen LogP contribution is -2.34. The minimum atomic E-state index is -0.729. The Labute approximate surface area is 72.1 Å². The minimum absolute atomic E-state index is 0.324. The molecule has 1 saturated heterocycles. The van der Waals surface area contributed by atoms with Gasteiger partial charge in [-0.15, -0.1) is 0 Å². The molecule has 0 aliphatic carbocycles. The molecule has 1 aliphatic rings. The predicted molar refractivity (Wildman–Crippen MR) is 43.8 cm³/mol. The summed E-state index contributed by atoms with van der Waals surface area (Å²) in [6.07, 6.45) is 0.307. The van der Waals surface area contributed by atoms with Gasteiger partial charge in [0.05, 0.1) is 18.8 Å². The topological polar surface area (TPSA) is 49.8 Å². The highest BCUT2D eigenvalue weighted by atomic mass is 16.6. The highest BCUT2D eigenvalue weighted by Gasteiger charge is 2.34. The Morgan fingerprint density at radius 3 is 2.83 bits per heavy atom. The van der Waals surface area contributed by atoms with Gasteiger partial charge in [-0.05, 0) is 20.3 Å². The average molecular weight is 173 g/mol. The van der Waals surface area contributed by atoms with E-state index in [1.54, 1.807) is 13.8 Å². The third kappa shape index (κ3) is 2.11. The van der Waals surface area contributed by atoms with E-state index in [0.29, 0.717) is 26.1 Å². The molecule has 0 saturated carbocycles. The fourth-order valence-electron chi connectivity index (χ4n) is 1.32. The van der Waals surface area contributed by atoms with E-state index in [1.807, 2.05) is 0 Å². The summed E-state index contributed by atoms with van der Waals surface area (Å²) >= 11 is 0. The number of ether oxygens (including phenoxy) is 1. The Bertz CT molecular complexity index is 179. The van der Waals surface area contributed by atoms with Crippen LogP contribution in [0.1, 0.15) is 20.3 Å². The summed E-state index contributed by atoms with van der Waals surface area (Å²) in [7, 11) is 0. The Morgan fingerprint density at radius 1 is 1.75 bits per heavy atom. The van der Waals surface area contributed by atoms with Crippen LogP contribution in [0.15, 0.2) is 0 Å². The summed E-state index contributed by atoms with van der Waals surface area (Å²) in [5, 5.41) is 9.53. The van der Waals surface area contributed by atoms with Crippen molar-refractivity contribution in [3.8, 4) is 0 Å². The summed E-state index contributed by atoms with van der Waals surface area (Å²) < 4.78 is 4.80. The predicted octanol–water partition coefficient (Wildman–Crippen LogP) is 0.600. The maximum atomic E-state index is 11.1. The third-order valence-electron chi connectivity index (χ3n) is 1.98. The van der Waals surface area contributed by atoms with Crippen LogP contribution in [-0.4, -0.2) is 41.4 Å². The zero-order chi connectivity index (χ0) is 9.19. The lowest BCUT2D eigenvalue weighted by molar-refractivity contribution is 0.0615. The molecule has 1 rings (SSSR count). The molecular weight excluding hydrogens is 158 g/mol. The normalized spacial score (nSPS) is 29.1. The average Bonchev–Trinajstić information content (AvgIpc) is 2.31. The van der Waals surface area contributed by atoms with Crippen LogP contribution in [0.4, 0.5) is 4.79 Å². The lowest BCUT2D eigenvalue weighted by Gasteiger charge is -2.17. The Balaban J connectivity index is 2.41. The van der Waals surface area contributed by atoms with Crippen LogP contribution < -0.4 is 0 Å². The van der Waals surface area contributed by atoms with Gasteiger partial charge >= 0.3 is 6.09 Å². The van der Waals surface area contributed by atoms with Crippen molar-refractivity contribution in [2.24, 2.45) is 0 Å². The first kappa shape index (κ1) is 9.32. The standard InChI is InChI=1S/C8H15NO3/c1-3-12-7(10)9-5-4-8(2,11)6-9/h11H,3-6H2,1-2H3. The minimum Gasteiger partial charge on any atom is -0.450 e. The maximum Gasteiger partial charge on any atom is 0.409 e. The molecule has 1 fully saturated rings. The van der Waals surface area contributed by atoms with Crippen LogP contribution in [0.2, 0.25) is 0 Å². The Hall–Kier alpha value is -0.770. The van der Waals surface area contributed by atoms with E-state index in [2.05, 4.69) is 0 Å². The molecule has 1 atom stereocenters. The van der Waals surface area contributed by atoms with Crippen molar-refractivity contribution < 1.29 is 14.6 Å². The van der Waals surface area contributed by atoms with Gasteiger partial charge in [0.25, 0.3) is 0 Å². The number of carbonyl (C=O) groups excluding carboxylic acids is 1. The summed E-state index contributed by atoms with van der Waals surface area (Å²) in [6, 6.07) is 0. The first-order chi connectivity index (χ1) is 5.55. The van der Waals surface area contributed by atoms with E-state index in [1.165, 1.54) is 4.90 Å². The highest BCUT2D eigenvalue weighted by Crippen LogP contribution is 2.20. The monoisotopic (exact) mass is 173 g/mol. The molecular formula is C8H15NO3. The number of amides is 1. The molecule has 0 bridgehead atoms. The van der Waals surface area contributed by atoms with Crippen molar-refractivity contribution in [2.75, 3.05) is 19.7 Å². The van der Waals surface area contributed by atoms with Crippen LogP contribution >= 0.6 is 0 Å². The van der Waals surface area contributed by atoms with E-state index >= 15 is 0 Å². The second-order valence-corrected chi connectivity index (χ2v) is 3.37. The fourth-order valence-corrected chi connectivity index (χ4v) is 1.32. The molecule has 0 aromatic rings. The Morgan fingerprint density at radius 2 is 2.42 bits per heavy atom. The highest BCUT2D eigenvalue weighted by molar-refractivity contribution is 5.68. The van der Waals surface area contributed by atoms with Crippen molar-refractivity contribution in [1.82, 2.24) is 4.90 Å². The van der Waals surface area contributed by atoms with Gasteiger partial charge < -0.3 is 14.7 Å². The van der Waals surface area contributed by atoms with Crippen molar-refractivity contribution >= 4 is 6.09 Å². The molecule has 0 aromatic heterocycles. The van der Waals surface area contributed by atoms with E-state index < -0.39 is 5.60 Å². The molecule has 0 radical (unpaired) electrons. The molecule has 4 heteroatoms. The Kier molecular flexibility index (Phi) is 2.57. The second kappa shape index (κ2) is 3.31.